The maximum Gasteiger partial charge on any atom is 0.266 e. The number of rotatable bonds is 7. The summed E-state index contributed by atoms with van der Waals surface area (Å²) in [4.78, 5) is 12.4. The number of nitriles is 1. The Morgan fingerprint density at radius 1 is 1.12 bits per heavy atom. The van der Waals surface area contributed by atoms with Crippen molar-refractivity contribution in [1.29, 1.82) is 5.26 Å². The number of methoxy groups -OCH3 is 2. The predicted molar refractivity (Wildman–Crippen MR) is 99.4 cm³/mol. The van der Waals surface area contributed by atoms with Gasteiger partial charge in [-0.3, -0.25) is 4.79 Å². The number of amides is 1. The van der Waals surface area contributed by atoms with Crippen LogP contribution in [-0.2, 0) is 4.79 Å². The molecule has 0 atom stereocenters. The van der Waals surface area contributed by atoms with Crippen molar-refractivity contribution in [2.45, 2.75) is 6.92 Å². The van der Waals surface area contributed by atoms with Gasteiger partial charge in [-0.15, -0.1) is 0 Å². The van der Waals surface area contributed by atoms with E-state index in [9.17, 15) is 10.1 Å². The molecule has 0 aromatic heterocycles. The molecular weight excluding hydrogens is 332 g/mol. The van der Waals surface area contributed by atoms with Crippen LogP contribution in [0.3, 0.4) is 0 Å². The van der Waals surface area contributed by atoms with E-state index in [2.05, 4.69) is 5.32 Å². The number of nitrogens with one attached hydrogen (secondary N) is 1. The van der Waals surface area contributed by atoms with Gasteiger partial charge in [-0.25, -0.2) is 0 Å². The number of benzene rings is 2. The van der Waals surface area contributed by atoms with Gasteiger partial charge >= 0.3 is 0 Å². The number of carbonyl (C=O) groups is 1. The largest absolute Gasteiger partial charge is 0.497 e. The first kappa shape index (κ1) is 18.9. The Morgan fingerprint density at radius 3 is 2.35 bits per heavy atom. The van der Waals surface area contributed by atoms with E-state index in [0.717, 1.165) is 0 Å². The fraction of sp³-hybridized carbons (Fsp3) is 0.200. The SMILES string of the molecule is CCOc1cc(OC)ccc1/C=C(\C#N)C(=O)Nc1ccc(OC)cc1. The summed E-state index contributed by atoms with van der Waals surface area (Å²) in [5.41, 5.74) is 1.15. The second-order valence-corrected chi connectivity index (χ2v) is 5.19. The van der Waals surface area contributed by atoms with Gasteiger partial charge in [0.25, 0.3) is 5.91 Å². The summed E-state index contributed by atoms with van der Waals surface area (Å²) in [6, 6.07) is 14.0. The highest BCUT2D eigenvalue weighted by Gasteiger charge is 2.12. The molecule has 2 rings (SSSR count). The van der Waals surface area contributed by atoms with Crippen molar-refractivity contribution < 1.29 is 19.0 Å². The van der Waals surface area contributed by atoms with Gasteiger partial charge in [-0.2, -0.15) is 5.26 Å². The minimum absolute atomic E-state index is 0.0352. The number of nitrogens with zero attached hydrogens (tertiary/aromatic N) is 1. The Morgan fingerprint density at radius 2 is 1.77 bits per heavy atom. The van der Waals surface area contributed by atoms with Gasteiger partial charge in [-0.05, 0) is 49.4 Å². The second kappa shape index (κ2) is 9.14. The van der Waals surface area contributed by atoms with Gasteiger partial charge in [0.15, 0.2) is 0 Å². The second-order valence-electron chi connectivity index (χ2n) is 5.19. The number of hydrogen-bond donors (Lipinski definition) is 1. The van der Waals surface area contributed by atoms with E-state index in [1.54, 1.807) is 56.7 Å². The maximum absolute atomic E-state index is 12.4. The molecule has 1 amide bonds. The summed E-state index contributed by atoms with van der Waals surface area (Å²) in [5.74, 6) is 1.35. The zero-order valence-corrected chi connectivity index (χ0v) is 14.9. The number of carbonyl (C=O) groups excluding carboxylic acids is 1. The molecule has 0 spiro atoms. The van der Waals surface area contributed by atoms with Gasteiger partial charge < -0.3 is 19.5 Å². The van der Waals surface area contributed by atoms with Crippen molar-refractivity contribution in [3.8, 4) is 23.3 Å². The molecule has 134 valence electrons. The normalized spacial score (nSPS) is 10.6. The molecule has 0 radical (unpaired) electrons. The summed E-state index contributed by atoms with van der Waals surface area (Å²) in [6.07, 6.45) is 1.49. The lowest BCUT2D eigenvalue weighted by Crippen LogP contribution is -2.13. The molecule has 6 heteroatoms. The smallest absolute Gasteiger partial charge is 0.266 e. The minimum atomic E-state index is -0.504. The highest BCUT2D eigenvalue weighted by molar-refractivity contribution is 6.09. The van der Waals surface area contributed by atoms with Crippen LogP contribution in [0.15, 0.2) is 48.0 Å². The molecule has 26 heavy (non-hydrogen) atoms. The Kier molecular flexibility index (Phi) is 6.63. The first-order chi connectivity index (χ1) is 12.6. The standard InChI is InChI=1S/C20H20N2O4/c1-4-26-19-12-18(25-3)8-5-14(19)11-15(13-21)20(23)22-16-6-9-17(24-2)10-7-16/h5-12H,4H2,1-3H3,(H,22,23)/b15-11+. The average Bonchev–Trinajstić information content (AvgIpc) is 2.67. The molecule has 0 saturated heterocycles. The molecule has 0 heterocycles. The van der Waals surface area contributed by atoms with E-state index < -0.39 is 5.91 Å². The van der Waals surface area contributed by atoms with Crippen molar-refractivity contribution in [2.24, 2.45) is 0 Å². The van der Waals surface area contributed by atoms with E-state index in [1.165, 1.54) is 6.08 Å². The first-order valence-electron chi connectivity index (χ1n) is 7.99. The van der Waals surface area contributed by atoms with Crippen molar-refractivity contribution in [2.75, 3.05) is 26.1 Å². The van der Waals surface area contributed by atoms with E-state index in [0.29, 0.717) is 35.1 Å². The third kappa shape index (κ3) is 4.77. The van der Waals surface area contributed by atoms with Crippen LogP contribution in [0.25, 0.3) is 6.08 Å². The van der Waals surface area contributed by atoms with Crippen molar-refractivity contribution in [3.63, 3.8) is 0 Å². The molecule has 0 bridgehead atoms. The minimum Gasteiger partial charge on any atom is -0.497 e. The summed E-state index contributed by atoms with van der Waals surface area (Å²) < 4.78 is 15.8. The molecule has 2 aromatic rings. The number of hydrogen-bond acceptors (Lipinski definition) is 5. The summed E-state index contributed by atoms with van der Waals surface area (Å²) in [6.45, 7) is 2.31. The first-order valence-corrected chi connectivity index (χ1v) is 7.99. The van der Waals surface area contributed by atoms with E-state index in [1.807, 2.05) is 13.0 Å². The van der Waals surface area contributed by atoms with Crippen LogP contribution < -0.4 is 19.5 Å². The van der Waals surface area contributed by atoms with Crippen LogP contribution in [-0.4, -0.2) is 26.7 Å². The molecule has 6 nitrogen and oxygen atoms in total. The quantitative estimate of drug-likeness (QED) is 0.608. The third-order valence-electron chi connectivity index (χ3n) is 3.53. The molecule has 0 aliphatic rings. The van der Waals surface area contributed by atoms with Crippen LogP contribution in [0.1, 0.15) is 12.5 Å². The molecule has 0 unspecified atom stereocenters. The fourth-order valence-corrected chi connectivity index (χ4v) is 2.22. The van der Waals surface area contributed by atoms with E-state index in [-0.39, 0.29) is 5.57 Å². The maximum atomic E-state index is 12.4. The average molecular weight is 352 g/mol. The van der Waals surface area contributed by atoms with Crippen LogP contribution in [0.4, 0.5) is 5.69 Å². The van der Waals surface area contributed by atoms with E-state index >= 15 is 0 Å². The molecular formula is C20H20N2O4. The van der Waals surface area contributed by atoms with Gasteiger partial charge in [0.1, 0.15) is 28.9 Å². The van der Waals surface area contributed by atoms with Gasteiger partial charge in [0.05, 0.1) is 20.8 Å². The van der Waals surface area contributed by atoms with Gasteiger partial charge in [0, 0.05) is 17.3 Å². The predicted octanol–water partition coefficient (Wildman–Crippen LogP) is 3.65. The summed E-state index contributed by atoms with van der Waals surface area (Å²) >= 11 is 0. The van der Waals surface area contributed by atoms with Crippen LogP contribution >= 0.6 is 0 Å². The van der Waals surface area contributed by atoms with Crippen molar-refractivity contribution in [3.05, 3.63) is 53.6 Å². The van der Waals surface area contributed by atoms with Crippen LogP contribution in [0.2, 0.25) is 0 Å². The lowest BCUT2D eigenvalue weighted by atomic mass is 10.1. The van der Waals surface area contributed by atoms with Gasteiger partial charge in [-0.1, -0.05) is 0 Å². The zero-order chi connectivity index (χ0) is 18.9. The highest BCUT2D eigenvalue weighted by Crippen LogP contribution is 2.27. The van der Waals surface area contributed by atoms with Crippen molar-refractivity contribution >= 4 is 17.7 Å². The summed E-state index contributed by atoms with van der Waals surface area (Å²) in [7, 11) is 3.12. The lowest BCUT2D eigenvalue weighted by Gasteiger charge is -2.10. The molecule has 0 fully saturated rings. The fourth-order valence-electron chi connectivity index (χ4n) is 2.22. The zero-order valence-electron chi connectivity index (χ0n) is 14.9. The van der Waals surface area contributed by atoms with Crippen LogP contribution in [0, 0.1) is 11.3 Å². The van der Waals surface area contributed by atoms with Gasteiger partial charge in [0.2, 0.25) is 0 Å². The third-order valence-corrected chi connectivity index (χ3v) is 3.53. The Balaban J connectivity index is 2.25. The van der Waals surface area contributed by atoms with E-state index in [4.69, 9.17) is 14.2 Å². The Labute approximate surface area is 152 Å². The highest BCUT2D eigenvalue weighted by atomic mass is 16.5. The van der Waals surface area contributed by atoms with Crippen LogP contribution in [0.5, 0.6) is 17.2 Å². The molecule has 0 aliphatic carbocycles. The molecule has 0 saturated carbocycles. The Bertz CT molecular complexity index is 836. The number of anilines is 1. The number of ether oxygens (including phenoxy) is 3. The molecule has 2 aromatic carbocycles. The van der Waals surface area contributed by atoms with Crippen molar-refractivity contribution in [1.82, 2.24) is 0 Å². The lowest BCUT2D eigenvalue weighted by molar-refractivity contribution is -0.112. The topological polar surface area (TPSA) is 80.6 Å². The molecule has 0 aliphatic heterocycles. The monoisotopic (exact) mass is 352 g/mol. The Hall–Kier alpha value is -3.46. The summed E-state index contributed by atoms with van der Waals surface area (Å²) in [5, 5.41) is 12.1. The molecule has 1 N–H and O–H groups in total.